The molecule has 3 N–H and O–H groups in total. The summed E-state index contributed by atoms with van der Waals surface area (Å²) in [7, 11) is 1.54. The summed E-state index contributed by atoms with van der Waals surface area (Å²) in [6, 6.07) is 12.4. The number of aryl methyl sites for hydroxylation is 1. The molecule has 1 aromatic heterocycles. The van der Waals surface area contributed by atoms with Gasteiger partial charge in [0, 0.05) is 11.9 Å². The third-order valence-electron chi connectivity index (χ3n) is 3.74. The minimum absolute atomic E-state index is 0.00806. The van der Waals surface area contributed by atoms with E-state index in [4.69, 9.17) is 0 Å². The monoisotopic (exact) mass is 345 g/mol. The molecule has 1 atom stereocenters. The lowest BCUT2D eigenvalue weighted by Gasteiger charge is -2.18. The van der Waals surface area contributed by atoms with Gasteiger partial charge in [-0.2, -0.15) is 0 Å². The smallest absolute Gasteiger partial charge is 0.239 e. The van der Waals surface area contributed by atoms with Crippen LogP contribution in [0.5, 0.6) is 0 Å². The van der Waals surface area contributed by atoms with Crippen LogP contribution in [0.1, 0.15) is 29.0 Å². The lowest BCUT2D eigenvalue weighted by atomic mass is 10.0. The van der Waals surface area contributed by atoms with Crippen LogP contribution < -0.4 is 16.0 Å². The molecule has 5 nitrogen and oxygen atoms in total. The molecule has 128 valence electrons. The number of hydrogen-bond donors (Lipinski definition) is 3. The lowest BCUT2D eigenvalue weighted by Crippen LogP contribution is -2.40. The van der Waals surface area contributed by atoms with Crippen molar-refractivity contribution in [2.45, 2.75) is 19.4 Å². The molecule has 1 aromatic carbocycles. The van der Waals surface area contributed by atoms with Crippen molar-refractivity contribution in [3.8, 4) is 0 Å². The lowest BCUT2D eigenvalue weighted by molar-refractivity contribution is -0.125. The summed E-state index contributed by atoms with van der Waals surface area (Å²) in [5.41, 5.74) is 2.40. The Morgan fingerprint density at radius 2 is 1.83 bits per heavy atom. The van der Waals surface area contributed by atoms with E-state index in [1.165, 1.54) is 5.56 Å². The maximum Gasteiger partial charge on any atom is 0.239 e. The summed E-state index contributed by atoms with van der Waals surface area (Å²) < 4.78 is 0. The zero-order chi connectivity index (χ0) is 17.4. The van der Waals surface area contributed by atoms with E-state index in [-0.39, 0.29) is 30.9 Å². The van der Waals surface area contributed by atoms with Gasteiger partial charge in [0.05, 0.1) is 19.1 Å². The van der Waals surface area contributed by atoms with Gasteiger partial charge in [0.25, 0.3) is 0 Å². The van der Waals surface area contributed by atoms with Crippen molar-refractivity contribution in [2.24, 2.45) is 0 Å². The number of thiophene rings is 1. The van der Waals surface area contributed by atoms with E-state index in [2.05, 4.69) is 53.2 Å². The van der Waals surface area contributed by atoms with Gasteiger partial charge in [0.15, 0.2) is 0 Å². The Morgan fingerprint density at radius 3 is 2.42 bits per heavy atom. The molecule has 0 radical (unpaired) electrons. The van der Waals surface area contributed by atoms with Crippen LogP contribution >= 0.6 is 11.3 Å². The summed E-state index contributed by atoms with van der Waals surface area (Å²) in [5.74, 6) is -0.418. The molecule has 0 bridgehead atoms. The van der Waals surface area contributed by atoms with Crippen molar-refractivity contribution >= 4 is 23.2 Å². The van der Waals surface area contributed by atoms with Gasteiger partial charge in [-0.15, -0.1) is 11.3 Å². The fraction of sp³-hybridized carbons (Fsp3) is 0.333. The molecule has 0 spiro atoms. The summed E-state index contributed by atoms with van der Waals surface area (Å²) >= 11 is 1.65. The number of rotatable bonds is 8. The third-order valence-corrected chi connectivity index (χ3v) is 4.68. The summed E-state index contributed by atoms with van der Waals surface area (Å²) in [6.45, 7) is 2.27. The first-order valence-corrected chi connectivity index (χ1v) is 8.85. The van der Waals surface area contributed by atoms with Crippen LogP contribution in [-0.4, -0.2) is 32.0 Å². The van der Waals surface area contributed by atoms with Gasteiger partial charge in [0.1, 0.15) is 0 Å². The zero-order valence-electron chi connectivity index (χ0n) is 14.0. The number of likely N-dealkylation sites (N-methyl/N-ethyl adjacent to an activating group) is 1. The highest BCUT2D eigenvalue weighted by Crippen LogP contribution is 2.26. The molecule has 2 aromatic rings. The van der Waals surface area contributed by atoms with Gasteiger partial charge in [-0.1, -0.05) is 37.3 Å². The molecular weight excluding hydrogens is 322 g/mol. The topological polar surface area (TPSA) is 70.2 Å². The van der Waals surface area contributed by atoms with E-state index in [1.54, 1.807) is 18.4 Å². The van der Waals surface area contributed by atoms with E-state index in [1.807, 2.05) is 11.4 Å². The largest absolute Gasteiger partial charge is 0.358 e. The van der Waals surface area contributed by atoms with E-state index in [0.717, 1.165) is 16.9 Å². The Hall–Kier alpha value is -2.18. The molecule has 0 saturated carbocycles. The number of carbonyl (C=O) groups excluding carboxylic acids is 2. The number of nitrogens with one attached hydrogen (secondary N) is 3. The van der Waals surface area contributed by atoms with Gasteiger partial charge >= 0.3 is 0 Å². The molecule has 0 aliphatic carbocycles. The van der Waals surface area contributed by atoms with Gasteiger partial charge < -0.3 is 10.6 Å². The molecule has 2 amide bonds. The minimum atomic E-state index is -0.215. The second kappa shape index (κ2) is 9.20. The summed E-state index contributed by atoms with van der Waals surface area (Å²) in [4.78, 5) is 24.2. The molecule has 6 heteroatoms. The predicted molar refractivity (Wildman–Crippen MR) is 97.1 cm³/mol. The Balaban J connectivity index is 2.02. The number of benzene rings is 1. The summed E-state index contributed by atoms with van der Waals surface area (Å²) in [5, 5.41) is 10.4. The van der Waals surface area contributed by atoms with Gasteiger partial charge in [-0.05, 0) is 29.0 Å². The fourth-order valence-corrected chi connectivity index (χ4v) is 3.14. The standard InChI is InChI=1S/C18H23N3O2S/c1-3-13-6-8-14(9-7-13)18(15-5-4-10-24-15)21-12-17(23)20-11-16(22)19-2/h4-10,18,21H,3,11-12H2,1-2H3,(H,19,22)(H,20,23)/t18-/m0/s1. The van der Waals surface area contributed by atoms with Crippen molar-refractivity contribution in [1.29, 1.82) is 0 Å². The average Bonchev–Trinajstić information content (AvgIpc) is 3.14. The first-order valence-electron chi connectivity index (χ1n) is 7.97. The van der Waals surface area contributed by atoms with Crippen LogP contribution in [0.4, 0.5) is 0 Å². The molecule has 0 aliphatic rings. The third kappa shape index (κ3) is 5.18. The highest BCUT2D eigenvalue weighted by Gasteiger charge is 2.16. The highest BCUT2D eigenvalue weighted by atomic mass is 32.1. The predicted octanol–water partition coefficient (Wildman–Crippen LogP) is 1.85. The number of hydrogen-bond acceptors (Lipinski definition) is 4. The maximum atomic E-state index is 11.9. The zero-order valence-corrected chi connectivity index (χ0v) is 14.8. The van der Waals surface area contributed by atoms with Crippen molar-refractivity contribution in [3.63, 3.8) is 0 Å². The molecular formula is C18H23N3O2S. The number of carbonyl (C=O) groups is 2. The van der Waals surface area contributed by atoms with Crippen molar-refractivity contribution < 1.29 is 9.59 Å². The molecule has 2 rings (SSSR count). The highest BCUT2D eigenvalue weighted by molar-refractivity contribution is 7.10. The molecule has 0 fully saturated rings. The second-order valence-electron chi connectivity index (χ2n) is 5.37. The first kappa shape index (κ1) is 18.2. The summed E-state index contributed by atoms with van der Waals surface area (Å²) in [6.07, 6.45) is 0.999. The van der Waals surface area contributed by atoms with Crippen molar-refractivity contribution in [3.05, 3.63) is 57.8 Å². The quantitative estimate of drug-likeness (QED) is 0.684. The maximum absolute atomic E-state index is 11.9. The van der Waals surface area contributed by atoms with E-state index in [9.17, 15) is 9.59 Å². The van der Waals surface area contributed by atoms with E-state index >= 15 is 0 Å². The van der Waals surface area contributed by atoms with Crippen LogP contribution in [0, 0.1) is 0 Å². The van der Waals surface area contributed by atoms with Crippen LogP contribution in [0.15, 0.2) is 41.8 Å². The van der Waals surface area contributed by atoms with Crippen LogP contribution in [-0.2, 0) is 16.0 Å². The SMILES string of the molecule is CCc1ccc([C@H](NCC(=O)NCC(=O)NC)c2cccs2)cc1. The van der Waals surface area contributed by atoms with Gasteiger partial charge in [-0.25, -0.2) is 0 Å². The van der Waals surface area contributed by atoms with Crippen LogP contribution in [0.3, 0.4) is 0 Å². The van der Waals surface area contributed by atoms with E-state index < -0.39 is 0 Å². The molecule has 0 saturated heterocycles. The van der Waals surface area contributed by atoms with E-state index in [0.29, 0.717) is 0 Å². The van der Waals surface area contributed by atoms with Crippen molar-refractivity contribution in [2.75, 3.05) is 20.1 Å². The molecule has 1 heterocycles. The van der Waals surface area contributed by atoms with Gasteiger partial charge in [0.2, 0.25) is 11.8 Å². The normalized spacial score (nSPS) is 11.8. The molecule has 24 heavy (non-hydrogen) atoms. The molecule has 0 unspecified atom stereocenters. The Morgan fingerprint density at radius 1 is 1.08 bits per heavy atom. The van der Waals surface area contributed by atoms with Crippen LogP contribution in [0.2, 0.25) is 0 Å². The Labute approximate surface area is 146 Å². The minimum Gasteiger partial charge on any atom is -0.358 e. The Kier molecular flexibility index (Phi) is 6.96. The van der Waals surface area contributed by atoms with Crippen LogP contribution in [0.25, 0.3) is 0 Å². The average molecular weight is 345 g/mol. The molecule has 0 aliphatic heterocycles. The Bertz CT molecular complexity index is 653. The van der Waals surface area contributed by atoms with Crippen molar-refractivity contribution in [1.82, 2.24) is 16.0 Å². The second-order valence-corrected chi connectivity index (χ2v) is 6.35. The fourth-order valence-electron chi connectivity index (χ4n) is 2.31. The first-order chi connectivity index (χ1) is 11.6. The van der Waals surface area contributed by atoms with Gasteiger partial charge in [-0.3, -0.25) is 14.9 Å². The number of amides is 2.